The average molecular weight is 241 g/mol. The molecule has 1 unspecified atom stereocenters. The second-order valence-electron chi connectivity index (χ2n) is 5.50. The summed E-state index contributed by atoms with van der Waals surface area (Å²) in [7, 11) is 1.43. The summed E-state index contributed by atoms with van der Waals surface area (Å²) in [6.07, 6.45) is 7.26. The molecule has 0 heterocycles. The summed E-state index contributed by atoms with van der Waals surface area (Å²) < 4.78 is 4.80. The van der Waals surface area contributed by atoms with Crippen LogP contribution >= 0.6 is 0 Å². The zero-order valence-corrected chi connectivity index (χ0v) is 10.6. The summed E-state index contributed by atoms with van der Waals surface area (Å²) in [5.41, 5.74) is -0.612. The third-order valence-electron chi connectivity index (χ3n) is 3.98. The predicted octanol–water partition coefficient (Wildman–Crippen LogP) is 1.22. The molecular formula is C13H23NO3. The van der Waals surface area contributed by atoms with Crippen molar-refractivity contribution in [3.05, 3.63) is 0 Å². The smallest absolute Gasteiger partial charge is 0.323 e. The third-order valence-corrected chi connectivity index (χ3v) is 3.98. The summed E-state index contributed by atoms with van der Waals surface area (Å²) in [6, 6.07) is -0.217. The number of nitrogens with one attached hydrogen (secondary N) is 1. The van der Waals surface area contributed by atoms with Gasteiger partial charge in [0.15, 0.2) is 0 Å². The van der Waals surface area contributed by atoms with Crippen molar-refractivity contribution >= 4 is 5.97 Å². The number of carbonyl (C=O) groups excluding carboxylic acids is 1. The van der Waals surface area contributed by atoms with Gasteiger partial charge in [-0.2, -0.15) is 0 Å². The van der Waals surface area contributed by atoms with Crippen molar-refractivity contribution in [1.82, 2.24) is 5.32 Å². The second-order valence-corrected chi connectivity index (χ2v) is 5.50. The van der Waals surface area contributed by atoms with Crippen LogP contribution in [0.15, 0.2) is 0 Å². The van der Waals surface area contributed by atoms with Crippen molar-refractivity contribution in [2.75, 3.05) is 13.7 Å². The number of methoxy groups -OCH3 is 1. The van der Waals surface area contributed by atoms with Gasteiger partial charge in [-0.3, -0.25) is 4.79 Å². The molecule has 0 radical (unpaired) electrons. The molecule has 98 valence electrons. The van der Waals surface area contributed by atoms with Crippen LogP contribution in [0.5, 0.6) is 0 Å². The van der Waals surface area contributed by atoms with Crippen LogP contribution in [-0.2, 0) is 9.53 Å². The Kier molecular flexibility index (Phi) is 4.05. The number of aliphatic hydroxyl groups is 1. The van der Waals surface area contributed by atoms with Gasteiger partial charge in [-0.15, -0.1) is 0 Å². The van der Waals surface area contributed by atoms with E-state index in [0.29, 0.717) is 12.5 Å². The number of hydrogen-bond acceptors (Lipinski definition) is 4. The molecule has 0 aromatic heterocycles. The third kappa shape index (κ3) is 3.42. The second kappa shape index (κ2) is 5.36. The van der Waals surface area contributed by atoms with Gasteiger partial charge in [-0.05, 0) is 31.6 Å². The zero-order valence-electron chi connectivity index (χ0n) is 10.6. The van der Waals surface area contributed by atoms with Gasteiger partial charge in [-0.25, -0.2) is 0 Å². The molecular weight excluding hydrogens is 218 g/mol. The maximum Gasteiger partial charge on any atom is 0.323 e. The summed E-state index contributed by atoms with van der Waals surface area (Å²) in [4.78, 5) is 11.6. The summed E-state index contributed by atoms with van der Waals surface area (Å²) >= 11 is 0. The first-order valence-corrected chi connectivity index (χ1v) is 6.68. The minimum atomic E-state index is -0.612. The Bertz CT molecular complexity index is 270. The molecule has 4 nitrogen and oxygen atoms in total. The minimum Gasteiger partial charge on any atom is -0.468 e. The fourth-order valence-corrected chi connectivity index (χ4v) is 2.69. The summed E-state index contributed by atoms with van der Waals surface area (Å²) in [5.74, 6) is 0.224. The maximum absolute atomic E-state index is 11.6. The molecule has 0 aromatic rings. The summed E-state index contributed by atoms with van der Waals surface area (Å²) in [5, 5.41) is 13.6. The first kappa shape index (κ1) is 12.8. The van der Waals surface area contributed by atoms with E-state index in [9.17, 15) is 9.90 Å². The highest BCUT2D eigenvalue weighted by molar-refractivity contribution is 5.76. The lowest BCUT2D eigenvalue weighted by atomic mass is 9.84. The van der Waals surface area contributed by atoms with Crippen molar-refractivity contribution in [3.63, 3.8) is 0 Å². The quantitative estimate of drug-likeness (QED) is 0.711. The van der Waals surface area contributed by atoms with Crippen LogP contribution in [-0.4, -0.2) is 36.4 Å². The Morgan fingerprint density at radius 2 is 2.06 bits per heavy atom. The van der Waals surface area contributed by atoms with Gasteiger partial charge in [0, 0.05) is 6.54 Å². The minimum absolute atomic E-state index is 0.188. The predicted molar refractivity (Wildman–Crippen MR) is 64.6 cm³/mol. The van der Waals surface area contributed by atoms with E-state index in [1.54, 1.807) is 0 Å². The molecule has 0 saturated heterocycles. The van der Waals surface area contributed by atoms with Crippen molar-refractivity contribution in [2.24, 2.45) is 5.92 Å². The van der Waals surface area contributed by atoms with Crippen molar-refractivity contribution in [3.8, 4) is 0 Å². The Morgan fingerprint density at radius 1 is 1.41 bits per heavy atom. The molecule has 4 heteroatoms. The fraction of sp³-hybridized carbons (Fsp3) is 0.923. The van der Waals surface area contributed by atoms with E-state index >= 15 is 0 Å². The van der Waals surface area contributed by atoms with Crippen LogP contribution in [0.1, 0.15) is 44.9 Å². The lowest BCUT2D eigenvalue weighted by molar-refractivity contribution is -0.144. The molecule has 0 aliphatic heterocycles. The molecule has 1 atom stereocenters. The Hall–Kier alpha value is -0.610. The van der Waals surface area contributed by atoms with Crippen LogP contribution in [0, 0.1) is 5.92 Å². The van der Waals surface area contributed by atoms with Gasteiger partial charge in [-0.1, -0.05) is 19.3 Å². The number of hydrogen-bond donors (Lipinski definition) is 2. The summed E-state index contributed by atoms with van der Waals surface area (Å²) in [6.45, 7) is 0.517. The maximum atomic E-state index is 11.6. The normalized spacial score (nSPS) is 25.3. The highest BCUT2D eigenvalue weighted by Gasteiger charge is 2.38. The molecule has 2 aliphatic carbocycles. The van der Waals surface area contributed by atoms with Crippen LogP contribution in [0.4, 0.5) is 0 Å². The van der Waals surface area contributed by atoms with Crippen LogP contribution < -0.4 is 5.32 Å². The molecule has 2 N–H and O–H groups in total. The molecule has 0 spiro atoms. The Balaban J connectivity index is 1.83. The van der Waals surface area contributed by atoms with Crippen molar-refractivity contribution in [1.29, 1.82) is 0 Å². The number of esters is 1. The first-order valence-electron chi connectivity index (χ1n) is 6.68. The number of carbonyl (C=O) groups is 1. The van der Waals surface area contributed by atoms with E-state index in [0.717, 1.165) is 38.5 Å². The van der Waals surface area contributed by atoms with E-state index in [2.05, 4.69) is 5.32 Å². The molecule has 0 amide bonds. The molecule has 17 heavy (non-hydrogen) atoms. The highest BCUT2D eigenvalue weighted by atomic mass is 16.5. The molecule has 2 saturated carbocycles. The Labute approximate surface area is 103 Å². The molecule has 0 bridgehead atoms. The lowest BCUT2D eigenvalue weighted by Crippen LogP contribution is -2.49. The van der Waals surface area contributed by atoms with Crippen molar-refractivity contribution < 1.29 is 14.6 Å². The van der Waals surface area contributed by atoms with E-state index in [1.807, 2.05) is 0 Å². The van der Waals surface area contributed by atoms with Crippen molar-refractivity contribution in [2.45, 2.75) is 56.6 Å². The van der Waals surface area contributed by atoms with Crippen LogP contribution in [0.3, 0.4) is 0 Å². The number of ether oxygens (including phenoxy) is 1. The monoisotopic (exact) mass is 241 g/mol. The van der Waals surface area contributed by atoms with E-state index in [1.165, 1.54) is 13.5 Å². The van der Waals surface area contributed by atoms with Crippen LogP contribution in [0.25, 0.3) is 0 Å². The van der Waals surface area contributed by atoms with Gasteiger partial charge in [0.2, 0.25) is 0 Å². The standard InChI is InChI=1S/C13H23NO3/c1-17-12(15)11(10-5-6-10)14-9-13(16)7-3-2-4-8-13/h10-11,14,16H,2-9H2,1H3. The van der Waals surface area contributed by atoms with Crippen LogP contribution in [0.2, 0.25) is 0 Å². The molecule has 0 aromatic carbocycles. The van der Waals surface area contributed by atoms with Gasteiger partial charge in [0.25, 0.3) is 0 Å². The SMILES string of the molecule is COC(=O)C(NCC1(O)CCCCC1)C1CC1. The first-order chi connectivity index (χ1) is 8.14. The Morgan fingerprint density at radius 3 is 2.59 bits per heavy atom. The van der Waals surface area contributed by atoms with Gasteiger partial charge in [0.1, 0.15) is 6.04 Å². The number of rotatable bonds is 5. The van der Waals surface area contributed by atoms with E-state index in [4.69, 9.17) is 4.74 Å². The van der Waals surface area contributed by atoms with E-state index in [-0.39, 0.29) is 12.0 Å². The molecule has 2 rings (SSSR count). The van der Waals surface area contributed by atoms with E-state index < -0.39 is 5.60 Å². The zero-order chi connectivity index (χ0) is 12.3. The molecule has 2 fully saturated rings. The average Bonchev–Trinajstić information content (AvgIpc) is 3.14. The highest BCUT2D eigenvalue weighted by Crippen LogP contribution is 2.34. The topological polar surface area (TPSA) is 58.6 Å². The molecule has 2 aliphatic rings. The lowest BCUT2D eigenvalue weighted by Gasteiger charge is -2.33. The fourth-order valence-electron chi connectivity index (χ4n) is 2.69. The largest absolute Gasteiger partial charge is 0.468 e. The van der Waals surface area contributed by atoms with Gasteiger partial charge >= 0.3 is 5.97 Å². The van der Waals surface area contributed by atoms with Gasteiger partial charge in [0.05, 0.1) is 12.7 Å². The van der Waals surface area contributed by atoms with Gasteiger partial charge < -0.3 is 15.2 Å².